The summed E-state index contributed by atoms with van der Waals surface area (Å²) in [6, 6.07) is 17.8. The Morgan fingerprint density at radius 1 is 0.957 bits per heavy atom. The molecule has 2 aromatic carbocycles. The van der Waals surface area contributed by atoms with Crippen LogP contribution in [0, 0.1) is 0 Å². The molecule has 23 heavy (non-hydrogen) atoms. The van der Waals surface area contributed by atoms with E-state index < -0.39 is 0 Å². The summed E-state index contributed by atoms with van der Waals surface area (Å²) < 4.78 is 4.74. The zero-order valence-corrected chi connectivity index (χ0v) is 13.2. The number of carbonyl (C=O) groups is 2. The Morgan fingerprint density at radius 2 is 1.61 bits per heavy atom. The first-order valence-electron chi connectivity index (χ1n) is 7.94. The molecule has 0 bridgehead atoms. The van der Waals surface area contributed by atoms with Crippen molar-refractivity contribution < 1.29 is 14.3 Å². The van der Waals surface area contributed by atoms with Crippen LogP contribution in [0.2, 0.25) is 0 Å². The van der Waals surface area contributed by atoms with E-state index in [4.69, 9.17) is 4.74 Å². The van der Waals surface area contributed by atoms with Gasteiger partial charge < -0.3 is 4.74 Å². The lowest BCUT2D eigenvalue weighted by Crippen LogP contribution is -2.22. The van der Waals surface area contributed by atoms with Gasteiger partial charge >= 0.3 is 5.97 Å². The molecule has 2 atom stereocenters. The van der Waals surface area contributed by atoms with Crippen LogP contribution >= 0.6 is 0 Å². The number of carbonyl (C=O) groups excluding carboxylic acids is 2. The highest BCUT2D eigenvalue weighted by molar-refractivity contribution is 5.89. The highest BCUT2D eigenvalue weighted by Crippen LogP contribution is 2.42. The number of ether oxygens (including phenoxy) is 1. The Labute approximate surface area is 136 Å². The molecule has 0 unspecified atom stereocenters. The van der Waals surface area contributed by atoms with E-state index in [1.165, 1.54) is 12.7 Å². The summed E-state index contributed by atoms with van der Waals surface area (Å²) >= 11 is 0. The second kappa shape index (κ2) is 6.78. The van der Waals surface area contributed by atoms with E-state index in [-0.39, 0.29) is 11.9 Å². The van der Waals surface area contributed by atoms with Crippen molar-refractivity contribution in [2.45, 2.75) is 31.1 Å². The predicted octanol–water partition coefficient (Wildman–Crippen LogP) is 4.09. The number of methoxy groups -OCH3 is 1. The van der Waals surface area contributed by atoms with Gasteiger partial charge in [0.25, 0.3) is 0 Å². The topological polar surface area (TPSA) is 43.4 Å². The van der Waals surface area contributed by atoms with Crippen LogP contribution in [0.1, 0.15) is 52.6 Å². The number of hydrogen-bond donors (Lipinski definition) is 0. The van der Waals surface area contributed by atoms with Gasteiger partial charge in [-0.1, -0.05) is 42.5 Å². The standard InChI is InChI=1S/C20H20O3/c1-23-20(22)16-9-7-15(8-10-16)19-13-17(21)11-12-18(19)14-5-3-2-4-6-14/h2-10,18-19H,11-13H2,1H3/t18-,19-/m0/s1. The van der Waals surface area contributed by atoms with Crippen molar-refractivity contribution in [1.29, 1.82) is 0 Å². The van der Waals surface area contributed by atoms with Gasteiger partial charge in [0, 0.05) is 12.8 Å². The molecule has 1 fully saturated rings. The molecule has 1 aliphatic rings. The fraction of sp³-hybridized carbons (Fsp3) is 0.300. The molecule has 0 aromatic heterocycles. The Bertz CT molecular complexity index is 689. The third-order valence-corrected chi connectivity index (χ3v) is 4.66. The lowest BCUT2D eigenvalue weighted by atomic mass is 9.72. The Hall–Kier alpha value is -2.42. The maximum Gasteiger partial charge on any atom is 0.337 e. The minimum absolute atomic E-state index is 0.172. The summed E-state index contributed by atoms with van der Waals surface area (Å²) in [5.74, 6) is 0.498. The van der Waals surface area contributed by atoms with Crippen molar-refractivity contribution in [3.05, 3.63) is 71.3 Å². The van der Waals surface area contributed by atoms with Gasteiger partial charge in [0.2, 0.25) is 0 Å². The highest BCUT2D eigenvalue weighted by Gasteiger charge is 2.31. The number of rotatable bonds is 3. The number of Topliss-reactive ketones (excluding diaryl/α,β-unsaturated/α-hetero) is 1. The van der Waals surface area contributed by atoms with E-state index in [0.717, 1.165) is 12.0 Å². The molecule has 2 aromatic rings. The highest BCUT2D eigenvalue weighted by atomic mass is 16.5. The molecule has 3 heteroatoms. The Morgan fingerprint density at radius 3 is 2.26 bits per heavy atom. The Kier molecular flexibility index (Phi) is 4.56. The molecule has 0 N–H and O–H groups in total. The SMILES string of the molecule is COC(=O)c1ccc([C@@H]2CC(=O)CC[C@H]2c2ccccc2)cc1. The molecule has 1 aliphatic carbocycles. The normalized spacial score (nSPS) is 21.0. The van der Waals surface area contributed by atoms with Crippen LogP contribution in [-0.2, 0) is 9.53 Å². The third kappa shape index (κ3) is 3.34. The van der Waals surface area contributed by atoms with Crippen molar-refractivity contribution in [2.24, 2.45) is 0 Å². The van der Waals surface area contributed by atoms with E-state index in [9.17, 15) is 9.59 Å². The van der Waals surface area contributed by atoms with Crippen LogP contribution in [-0.4, -0.2) is 18.9 Å². The van der Waals surface area contributed by atoms with Crippen LogP contribution in [0.3, 0.4) is 0 Å². The maximum absolute atomic E-state index is 12.0. The number of esters is 1. The van der Waals surface area contributed by atoms with Crippen molar-refractivity contribution in [2.75, 3.05) is 7.11 Å². The molecule has 0 saturated heterocycles. The van der Waals surface area contributed by atoms with Gasteiger partial charge in [0.15, 0.2) is 0 Å². The van der Waals surface area contributed by atoms with Crippen molar-refractivity contribution in [3.63, 3.8) is 0 Å². The number of ketones is 1. The summed E-state index contributed by atoms with van der Waals surface area (Å²) in [5.41, 5.74) is 2.93. The zero-order chi connectivity index (χ0) is 16.2. The fourth-order valence-corrected chi connectivity index (χ4v) is 3.44. The van der Waals surface area contributed by atoms with E-state index >= 15 is 0 Å². The lowest BCUT2D eigenvalue weighted by Gasteiger charge is -2.31. The molecule has 118 valence electrons. The van der Waals surface area contributed by atoms with Gasteiger partial charge in [-0.05, 0) is 41.5 Å². The monoisotopic (exact) mass is 308 g/mol. The average molecular weight is 308 g/mol. The minimum atomic E-state index is -0.337. The molecule has 0 heterocycles. The van der Waals surface area contributed by atoms with Crippen molar-refractivity contribution >= 4 is 11.8 Å². The van der Waals surface area contributed by atoms with E-state index in [0.29, 0.717) is 30.1 Å². The molecule has 0 spiro atoms. The number of benzene rings is 2. The van der Waals surface area contributed by atoms with E-state index in [1.54, 1.807) is 12.1 Å². The molecule has 0 amide bonds. The van der Waals surface area contributed by atoms with E-state index in [2.05, 4.69) is 12.1 Å². The van der Waals surface area contributed by atoms with Gasteiger partial charge in [0.05, 0.1) is 12.7 Å². The van der Waals surface area contributed by atoms with Crippen LogP contribution in [0.5, 0.6) is 0 Å². The van der Waals surface area contributed by atoms with Crippen LogP contribution in [0.15, 0.2) is 54.6 Å². The summed E-state index contributed by atoms with van der Waals surface area (Å²) in [6.07, 6.45) is 2.10. The van der Waals surface area contributed by atoms with Gasteiger partial charge in [-0.15, -0.1) is 0 Å². The zero-order valence-electron chi connectivity index (χ0n) is 13.2. The first-order valence-corrected chi connectivity index (χ1v) is 7.94. The van der Waals surface area contributed by atoms with Crippen LogP contribution < -0.4 is 0 Å². The molecule has 0 aliphatic heterocycles. The summed E-state index contributed by atoms with van der Waals surface area (Å²) in [4.78, 5) is 23.5. The first kappa shape index (κ1) is 15.5. The fourth-order valence-electron chi connectivity index (χ4n) is 3.44. The van der Waals surface area contributed by atoms with Crippen molar-refractivity contribution in [3.8, 4) is 0 Å². The molecule has 3 rings (SSSR count). The number of hydrogen-bond acceptors (Lipinski definition) is 3. The summed E-state index contributed by atoms with van der Waals surface area (Å²) in [5, 5.41) is 0. The summed E-state index contributed by atoms with van der Waals surface area (Å²) in [6.45, 7) is 0. The van der Waals surface area contributed by atoms with Gasteiger partial charge in [-0.25, -0.2) is 4.79 Å². The largest absolute Gasteiger partial charge is 0.465 e. The lowest BCUT2D eigenvalue weighted by molar-refractivity contribution is -0.121. The molecular formula is C20H20O3. The van der Waals surface area contributed by atoms with Crippen LogP contribution in [0.4, 0.5) is 0 Å². The minimum Gasteiger partial charge on any atom is -0.465 e. The molecule has 0 radical (unpaired) electrons. The second-order valence-electron chi connectivity index (χ2n) is 6.02. The van der Waals surface area contributed by atoms with Crippen LogP contribution in [0.25, 0.3) is 0 Å². The third-order valence-electron chi connectivity index (χ3n) is 4.66. The molecular weight excluding hydrogens is 288 g/mol. The van der Waals surface area contributed by atoms with Gasteiger partial charge in [-0.2, -0.15) is 0 Å². The average Bonchev–Trinajstić information content (AvgIpc) is 2.62. The molecule has 3 nitrogen and oxygen atoms in total. The first-order chi connectivity index (χ1) is 11.2. The summed E-state index contributed by atoms with van der Waals surface area (Å²) in [7, 11) is 1.38. The van der Waals surface area contributed by atoms with Gasteiger partial charge in [0.1, 0.15) is 5.78 Å². The van der Waals surface area contributed by atoms with Crippen molar-refractivity contribution in [1.82, 2.24) is 0 Å². The smallest absolute Gasteiger partial charge is 0.337 e. The quantitative estimate of drug-likeness (QED) is 0.802. The Balaban J connectivity index is 1.90. The second-order valence-corrected chi connectivity index (χ2v) is 6.02. The van der Waals surface area contributed by atoms with Gasteiger partial charge in [-0.3, -0.25) is 4.79 Å². The predicted molar refractivity (Wildman–Crippen MR) is 88.6 cm³/mol. The maximum atomic E-state index is 12.0. The van der Waals surface area contributed by atoms with E-state index in [1.807, 2.05) is 30.3 Å². The molecule has 1 saturated carbocycles.